The van der Waals surface area contributed by atoms with Crippen LogP contribution in [-0.2, 0) is 6.54 Å². The van der Waals surface area contributed by atoms with Crippen LogP contribution < -0.4 is 10.4 Å². The second-order valence-electron chi connectivity index (χ2n) is 8.07. The Bertz CT molecular complexity index is 1400. The highest BCUT2D eigenvalue weighted by molar-refractivity contribution is 5.98. The first kappa shape index (κ1) is 22.0. The van der Waals surface area contributed by atoms with Gasteiger partial charge in [0.2, 0.25) is 0 Å². The third-order valence-electron chi connectivity index (χ3n) is 5.52. The summed E-state index contributed by atoms with van der Waals surface area (Å²) in [5, 5.41) is 0.710. The molecule has 0 unspecified atom stereocenters. The van der Waals surface area contributed by atoms with E-state index in [1.807, 2.05) is 36.4 Å². The van der Waals surface area contributed by atoms with E-state index in [0.717, 1.165) is 5.56 Å². The van der Waals surface area contributed by atoms with E-state index in [0.29, 0.717) is 33.8 Å². The Morgan fingerprint density at radius 2 is 1.79 bits per heavy atom. The van der Waals surface area contributed by atoms with E-state index < -0.39 is 5.69 Å². The van der Waals surface area contributed by atoms with Crippen molar-refractivity contribution in [2.45, 2.75) is 26.3 Å². The average Bonchev–Trinajstić information content (AvgIpc) is 2.84. The molecule has 1 heterocycles. The lowest BCUT2D eigenvalue weighted by Gasteiger charge is -2.14. The molecule has 5 heteroatoms. The Morgan fingerprint density at radius 1 is 1.06 bits per heavy atom. The maximum absolute atomic E-state index is 13.1. The summed E-state index contributed by atoms with van der Waals surface area (Å²) in [6, 6.07) is 22.2. The Labute approximate surface area is 192 Å². The highest BCUT2D eigenvalue weighted by Gasteiger charge is 2.16. The first-order chi connectivity index (χ1) is 16.0. The fraction of sp³-hybridized carbons (Fsp3) is 0.179. The Morgan fingerprint density at radius 3 is 2.45 bits per heavy atom. The largest absolute Gasteiger partial charge is 0.481 e. The van der Waals surface area contributed by atoms with Crippen molar-refractivity contribution in [2.24, 2.45) is 0 Å². The molecule has 0 bridgehead atoms. The van der Waals surface area contributed by atoms with E-state index in [1.54, 1.807) is 36.4 Å². The first-order valence-corrected chi connectivity index (χ1v) is 10.8. The van der Waals surface area contributed by atoms with Crippen molar-refractivity contribution in [1.82, 2.24) is 9.55 Å². The van der Waals surface area contributed by atoms with Gasteiger partial charge in [0.15, 0.2) is 5.78 Å². The average molecular weight is 437 g/mol. The molecule has 0 fully saturated rings. The van der Waals surface area contributed by atoms with Crippen molar-refractivity contribution in [3.05, 3.63) is 94.4 Å². The van der Waals surface area contributed by atoms with Gasteiger partial charge >= 0.3 is 5.69 Å². The number of Topliss-reactive ketones (excluding diaryl/α,β-unsaturated/α-hetero) is 1. The molecule has 3 aromatic carbocycles. The van der Waals surface area contributed by atoms with Gasteiger partial charge in [-0.05, 0) is 29.7 Å². The van der Waals surface area contributed by atoms with Crippen LogP contribution in [0.2, 0.25) is 0 Å². The van der Waals surface area contributed by atoms with Crippen LogP contribution in [0.25, 0.3) is 22.2 Å². The van der Waals surface area contributed by atoms with Gasteiger partial charge in [-0.3, -0.25) is 9.36 Å². The number of ketones is 1. The molecule has 5 nitrogen and oxygen atoms in total. The molecular formula is C28H24N2O3. The second kappa shape index (κ2) is 9.54. The summed E-state index contributed by atoms with van der Waals surface area (Å²) >= 11 is 0. The summed E-state index contributed by atoms with van der Waals surface area (Å²) in [6.07, 6.45) is 5.33. The van der Waals surface area contributed by atoms with Crippen molar-refractivity contribution >= 4 is 16.7 Å². The predicted molar refractivity (Wildman–Crippen MR) is 131 cm³/mol. The van der Waals surface area contributed by atoms with E-state index in [9.17, 15) is 9.59 Å². The number of carbonyl (C=O) groups is 1. The minimum Gasteiger partial charge on any atom is -0.481 e. The molecule has 0 aliphatic carbocycles. The van der Waals surface area contributed by atoms with Crippen LogP contribution in [0.1, 0.15) is 35.7 Å². The molecule has 1 aromatic heterocycles. The number of aromatic nitrogens is 2. The number of hydrogen-bond acceptors (Lipinski definition) is 4. The fourth-order valence-electron chi connectivity index (χ4n) is 3.73. The van der Waals surface area contributed by atoms with Crippen LogP contribution in [0.4, 0.5) is 0 Å². The van der Waals surface area contributed by atoms with Gasteiger partial charge < -0.3 is 4.74 Å². The minimum absolute atomic E-state index is 0.108. The zero-order valence-corrected chi connectivity index (χ0v) is 18.6. The van der Waals surface area contributed by atoms with Crippen LogP contribution in [0.15, 0.2) is 77.6 Å². The summed E-state index contributed by atoms with van der Waals surface area (Å²) in [7, 11) is 0. The summed E-state index contributed by atoms with van der Waals surface area (Å²) < 4.78 is 7.01. The quantitative estimate of drug-likeness (QED) is 0.299. The van der Waals surface area contributed by atoms with E-state index in [1.165, 1.54) is 10.1 Å². The van der Waals surface area contributed by atoms with Gasteiger partial charge in [0, 0.05) is 16.5 Å². The number of fused-ring (bicyclic) bond motifs is 1. The van der Waals surface area contributed by atoms with Gasteiger partial charge in [0.05, 0.1) is 17.8 Å². The maximum atomic E-state index is 13.1. The smallest absolute Gasteiger partial charge is 0.349 e. The molecule has 0 aliphatic heterocycles. The van der Waals surface area contributed by atoms with Crippen LogP contribution in [0.3, 0.4) is 0 Å². The third kappa shape index (κ3) is 4.70. The SMILES string of the molecule is C#CCOc1ccc2c(c1)c(-c1ccc(C(C)C)cc1)nc(=O)n2CC(=O)c1ccccc1. The lowest BCUT2D eigenvalue weighted by atomic mass is 9.99. The van der Waals surface area contributed by atoms with Crippen LogP contribution >= 0.6 is 0 Å². The van der Waals surface area contributed by atoms with Crippen molar-refractivity contribution in [3.8, 4) is 29.4 Å². The Balaban J connectivity index is 1.86. The molecule has 4 aromatic rings. The number of nitrogens with zero attached hydrogens (tertiary/aromatic N) is 2. The van der Waals surface area contributed by atoms with Gasteiger partial charge in [0.1, 0.15) is 12.4 Å². The molecule has 0 amide bonds. The molecule has 0 N–H and O–H groups in total. The Kier molecular flexibility index (Phi) is 6.37. The molecule has 0 radical (unpaired) electrons. The number of benzene rings is 3. The van der Waals surface area contributed by atoms with Gasteiger partial charge in [-0.2, -0.15) is 4.98 Å². The highest BCUT2D eigenvalue weighted by Crippen LogP contribution is 2.30. The zero-order valence-electron chi connectivity index (χ0n) is 18.6. The van der Waals surface area contributed by atoms with E-state index in [-0.39, 0.29) is 18.9 Å². The van der Waals surface area contributed by atoms with Gasteiger partial charge in [0.25, 0.3) is 0 Å². The normalized spacial score (nSPS) is 10.8. The molecule has 0 spiro atoms. The zero-order chi connectivity index (χ0) is 23.4. The number of ether oxygens (including phenoxy) is 1. The van der Waals surface area contributed by atoms with E-state index in [4.69, 9.17) is 11.2 Å². The monoisotopic (exact) mass is 436 g/mol. The minimum atomic E-state index is -0.480. The predicted octanol–water partition coefficient (Wildman–Crippen LogP) is 5.08. The van der Waals surface area contributed by atoms with Gasteiger partial charge in [-0.25, -0.2) is 4.79 Å². The molecule has 4 rings (SSSR count). The highest BCUT2D eigenvalue weighted by atomic mass is 16.5. The van der Waals surface area contributed by atoms with Crippen molar-refractivity contribution in [1.29, 1.82) is 0 Å². The summed E-state index contributed by atoms with van der Waals surface area (Å²) in [4.78, 5) is 30.3. The van der Waals surface area contributed by atoms with E-state index >= 15 is 0 Å². The summed E-state index contributed by atoms with van der Waals surface area (Å²) in [5.41, 5.74) is 3.22. The topological polar surface area (TPSA) is 61.2 Å². The van der Waals surface area contributed by atoms with Gasteiger partial charge in [-0.15, -0.1) is 6.42 Å². The number of terminal acetylenes is 1. The Hall–Kier alpha value is -4.17. The standard InChI is InChI=1S/C28H24N2O3/c1-4-16-33-23-14-15-25-24(17-23)27(22-12-10-20(11-13-22)19(2)3)29-28(32)30(25)18-26(31)21-8-6-5-7-9-21/h1,5-15,17,19H,16,18H2,2-3H3. The molecular weight excluding hydrogens is 412 g/mol. The molecule has 0 aliphatic rings. The van der Waals surface area contributed by atoms with Crippen molar-refractivity contribution in [3.63, 3.8) is 0 Å². The van der Waals surface area contributed by atoms with E-state index in [2.05, 4.69) is 24.8 Å². The maximum Gasteiger partial charge on any atom is 0.349 e. The second-order valence-corrected chi connectivity index (χ2v) is 8.07. The number of hydrogen-bond donors (Lipinski definition) is 0. The van der Waals surface area contributed by atoms with Crippen LogP contribution in [0, 0.1) is 12.3 Å². The first-order valence-electron chi connectivity index (χ1n) is 10.8. The third-order valence-corrected chi connectivity index (χ3v) is 5.52. The molecule has 33 heavy (non-hydrogen) atoms. The summed E-state index contributed by atoms with van der Waals surface area (Å²) in [5.74, 6) is 3.25. The molecule has 164 valence electrons. The lowest BCUT2D eigenvalue weighted by Crippen LogP contribution is -2.27. The lowest BCUT2D eigenvalue weighted by molar-refractivity contribution is 0.0972. The van der Waals surface area contributed by atoms with Crippen LogP contribution in [0.5, 0.6) is 5.75 Å². The number of rotatable bonds is 7. The molecule has 0 saturated heterocycles. The van der Waals surface area contributed by atoms with Crippen LogP contribution in [-0.4, -0.2) is 21.9 Å². The fourth-order valence-corrected chi connectivity index (χ4v) is 3.73. The van der Waals surface area contributed by atoms with Crippen molar-refractivity contribution < 1.29 is 9.53 Å². The van der Waals surface area contributed by atoms with Crippen molar-refractivity contribution in [2.75, 3.05) is 6.61 Å². The molecule has 0 atom stereocenters. The number of carbonyl (C=O) groups excluding carboxylic acids is 1. The van der Waals surface area contributed by atoms with Gasteiger partial charge in [-0.1, -0.05) is 74.4 Å². The summed E-state index contributed by atoms with van der Waals surface area (Å²) in [6.45, 7) is 4.28. The molecule has 0 saturated carbocycles.